The number of rotatable bonds is 4. The van der Waals surface area contributed by atoms with Crippen molar-refractivity contribution in [2.75, 3.05) is 0 Å². The van der Waals surface area contributed by atoms with Crippen LogP contribution < -0.4 is 0 Å². The van der Waals surface area contributed by atoms with Gasteiger partial charge in [0.05, 0.1) is 5.57 Å². The van der Waals surface area contributed by atoms with Crippen molar-refractivity contribution in [2.24, 2.45) is 10.1 Å². The zero-order chi connectivity index (χ0) is 21.6. The lowest BCUT2D eigenvalue weighted by Gasteiger charge is -2.20. The van der Waals surface area contributed by atoms with E-state index in [9.17, 15) is 4.79 Å². The Morgan fingerprint density at radius 1 is 1.23 bits per heavy atom. The third-order valence-electron chi connectivity index (χ3n) is 5.13. The molecule has 0 fully saturated rings. The number of amides is 1. The number of aromatic nitrogens is 1. The van der Waals surface area contributed by atoms with Gasteiger partial charge in [-0.1, -0.05) is 18.5 Å². The van der Waals surface area contributed by atoms with Gasteiger partial charge in [0.25, 0.3) is 5.91 Å². The van der Waals surface area contributed by atoms with Crippen LogP contribution in [0.25, 0.3) is 11.8 Å². The van der Waals surface area contributed by atoms with Gasteiger partial charge in [0.15, 0.2) is 5.84 Å². The van der Waals surface area contributed by atoms with Gasteiger partial charge >= 0.3 is 0 Å². The number of carbonyl (C=O) groups is 1. The van der Waals surface area contributed by atoms with Crippen molar-refractivity contribution in [1.82, 2.24) is 9.58 Å². The van der Waals surface area contributed by atoms with Crippen molar-refractivity contribution >= 4 is 51.4 Å². The molecule has 0 radical (unpaired) electrons. The van der Waals surface area contributed by atoms with Crippen molar-refractivity contribution in [3.05, 3.63) is 57.4 Å². The SMILES string of the molecule is CCCC1=NN2C(=N)/C(=C/c3cc(C)n(-c4ccc(Cl)cc4C)c3C)C(=O)N=C2S1. The van der Waals surface area contributed by atoms with E-state index in [1.165, 1.54) is 16.8 Å². The first-order valence-electron chi connectivity index (χ1n) is 9.74. The monoisotopic (exact) mass is 439 g/mol. The first kappa shape index (κ1) is 20.6. The van der Waals surface area contributed by atoms with Crippen molar-refractivity contribution in [3.8, 4) is 5.69 Å². The molecule has 1 amide bonds. The van der Waals surface area contributed by atoms with E-state index in [1.54, 1.807) is 6.08 Å². The Balaban J connectivity index is 1.74. The molecule has 2 aromatic rings. The van der Waals surface area contributed by atoms with E-state index in [4.69, 9.17) is 17.0 Å². The summed E-state index contributed by atoms with van der Waals surface area (Å²) >= 11 is 7.48. The van der Waals surface area contributed by atoms with E-state index in [0.717, 1.165) is 46.1 Å². The number of thioether (sulfide) groups is 1. The fourth-order valence-corrected chi connectivity index (χ4v) is 4.89. The van der Waals surface area contributed by atoms with E-state index in [0.29, 0.717) is 10.2 Å². The molecule has 2 aliphatic heterocycles. The van der Waals surface area contributed by atoms with Gasteiger partial charge in [-0.15, -0.1) is 0 Å². The minimum atomic E-state index is -0.404. The molecule has 30 heavy (non-hydrogen) atoms. The summed E-state index contributed by atoms with van der Waals surface area (Å²) in [4.78, 5) is 16.8. The van der Waals surface area contributed by atoms with Crippen LogP contribution >= 0.6 is 23.4 Å². The molecule has 0 bridgehead atoms. The van der Waals surface area contributed by atoms with Crippen LogP contribution in [0.15, 0.2) is 39.9 Å². The molecule has 0 atom stereocenters. The van der Waals surface area contributed by atoms with Gasteiger partial charge in [0.2, 0.25) is 5.17 Å². The number of fused-ring (bicyclic) bond motifs is 1. The molecular weight excluding hydrogens is 418 g/mol. The maximum Gasteiger partial charge on any atom is 0.283 e. The lowest BCUT2D eigenvalue weighted by atomic mass is 10.1. The fraction of sp³-hybridized carbons (Fsp3) is 0.273. The number of hydrogen-bond acceptors (Lipinski definition) is 4. The molecule has 6 nitrogen and oxygen atoms in total. The second-order valence-electron chi connectivity index (χ2n) is 7.36. The smallest absolute Gasteiger partial charge is 0.283 e. The lowest BCUT2D eigenvalue weighted by Crippen LogP contribution is -2.35. The molecule has 0 saturated heterocycles. The van der Waals surface area contributed by atoms with Crippen LogP contribution in [-0.4, -0.2) is 31.5 Å². The molecule has 4 rings (SSSR count). The number of amidine groups is 2. The first-order chi connectivity index (χ1) is 14.3. The largest absolute Gasteiger partial charge is 0.318 e. The predicted octanol–water partition coefficient (Wildman–Crippen LogP) is 5.48. The Bertz CT molecular complexity index is 1170. The molecule has 0 spiro atoms. The summed E-state index contributed by atoms with van der Waals surface area (Å²) in [7, 11) is 0. The van der Waals surface area contributed by atoms with Crippen LogP contribution in [0.3, 0.4) is 0 Å². The highest BCUT2D eigenvalue weighted by Crippen LogP contribution is 2.31. The van der Waals surface area contributed by atoms with E-state index in [-0.39, 0.29) is 11.4 Å². The average Bonchev–Trinajstić information content (AvgIpc) is 3.20. The van der Waals surface area contributed by atoms with E-state index < -0.39 is 5.91 Å². The number of aryl methyl sites for hydroxylation is 2. The van der Waals surface area contributed by atoms with Crippen LogP contribution in [-0.2, 0) is 4.79 Å². The molecule has 3 heterocycles. The maximum absolute atomic E-state index is 12.7. The van der Waals surface area contributed by atoms with Crippen LogP contribution in [0.4, 0.5) is 0 Å². The lowest BCUT2D eigenvalue weighted by molar-refractivity contribution is -0.114. The Morgan fingerprint density at radius 2 is 2.00 bits per heavy atom. The number of hydrazone groups is 1. The van der Waals surface area contributed by atoms with Gasteiger partial charge in [0, 0.05) is 22.1 Å². The Morgan fingerprint density at radius 3 is 2.70 bits per heavy atom. The highest BCUT2D eigenvalue weighted by Gasteiger charge is 2.35. The molecule has 2 aliphatic rings. The van der Waals surface area contributed by atoms with Crippen LogP contribution in [0.1, 0.15) is 42.3 Å². The quantitative estimate of drug-likeness (QED) is 0.641. The fourth-order valence-electron chi connectivity index (χ4n) is 3.68. The number of nitrogens with one attached hydrogen (secondary N) is 1. The van der Waals surface area contributed by atoms with E-state index in [2.05, 4.69) is 21.6 Å². The second-order valence-corrected chi connectivity index (χ2v) is 8.83. The molecule has 1 aromatic heterocycles. The highest BCUT2D eigenvalue weighted by molar-refractivity contribution is 8.26. The van der Waals surface area contributed by atoms with Gasteiger partial charge in [-0.25, -0.2) is 0 Å². The van der Waals surface area contributed by atoms with Gasteiger partial charge < -0.3 is 4.57 Å². The summed E-state index contributed by atoms with van der Waals surface area (Å²) in [6.07, 6.45) is 3.50. The van der Waals surface area contributed by atoms with Crippen molar-refractivity contribution < 1.29 is 4.79 Å². The van der Waals surface area contributed by atoms with Crippen LogP contribution in [0.5, 0.6) is 0 Å². The molecule has 0 aliphatic carbocycles. The molecule has 1 aromatic carbocycles. The summed E-state index contributed by atoms with van der Waals surface area (Å²) in [5.41, 5.74) is 5.22. The summed E-state index contributed by atoms with van der Waals surface area (Å²) in [6, 6.07) is 7.81. The third-order valence-corrected chi connectivity index (χ3v) is 6.33. The van der Waals surface area contributed by atoms with Crippen LogP contribution in [0.2, 0.25) is 5.02 Å². The van der Waals surface area contributed by atoms with Crippen molar-refractivity contribution in [3.63, 3.8) is 0 Å². The minimum Gasteiger partial charge on any atom is -0.318 e. The van der Waals surface area contributed by atoms with Crippen molar-refractivity contribution in [1.29, 1.82) is 5.41 Å². The second kappa shape index (κ2) is 7.89. The number of hydrogen-bond donors (Lipinski definition) is 1. The van der Waals surface area contributed by atoms with Gasteiger partial charge in [-0.2, -0.15) is 15.1 Å². The molecule has 8 heteroatoms. The third kappa shape index (κ3) is 3.52. The van der Waals surface area contributed by atoms with Crippen molar-refractivity contribution in [2.45, 2.75) is 40.5 Å². The maximum atomic E-state index is 12.7. The molecular formula is C22H22ClN5OS. The number of benzene rings is 1. The summed E-state index contributed by atoms with van der Waals surface area (Å²) in [5, 5.41) is 16.5. The molecule has 154 valence electrons. The normalized spacial score (nSPS) is 17.5. The van der Waals surface area contributed by atoms with Gasteiger partial charge in [-0.3, -0.25) is 10.2 Å². The van der Waals surface area contributed by atoms with E-state index in [1.807, 2.05) is 45.0 Å². The van der Waals surface area contributed by atoms with Crippen LogP contribution in [0, 0.1) is 26.2 Å². The summed E-state index contributed by atoms with van der Waals surface area (Å²) < 4.78 is 2.13. The Labute approximate surface area is 184 Å². The predicted molar refractivity (Wildman–Crippen MR) is 125 cm³/mol. The number of halogens is 1. The van der Waals surface area contributed by atoms with E-state index >= 15 is 0 Å². The zero-order valence-corrected chi connectivity index (χ0v) is 18.9. The average molecular weight is 440 g/mol. The zero-order valence-electron chi connectivity index (χ0n) is 17.3. The molecule has 0 unspecified atom stereocenters. The minimum absolute atomic E-state index is 0.0658. The van der Waals surface area contributed by atoms with Gasteiger partial charge in [-0.05, 0) is 86.8 Å². The Kier molecular flexibility index (Phi) is 5.42. The molecule has 0 saturated carbocycles. The number of carbonyl (C=O) groups excluding carboxylic acids is 1. The standard InChI is InChI=1S/C22H22ClN5OS/c1-5-6-19-26-28-20(24)17(21(29)25-22(28)30-19)11-15-10-13(3)27(14(15)4)18-8-7-16(23)9-12(18)2/h7-11,24H,5-6H2,1-4H3/b17-11-,24-20?. The molecule has 1 N–H and O–H groups in total. The van der Waals surface area contributed by atoms with Gasteiger partial charge in [0.1, 0.15) is 5.04 Å². The first-order valence-corrected chi connectivity index (χ1v) is 10.9. The highest BCUT2D eigenvalue weighted by atomic mass is 35.5. The topological polar surface area (TPSA) is 73.8 Å². The summed E-state index contributed by atoms with van der Waals surface area (Å²) in [5.74, 6) is -0.338. The number of nitrogens with zero attached hydrogens (tertiary/aromatic N) is 4. The summed E-state index contributed by atoms with van der Waals surface area (Å²) in [6.45, 7) is 8.11. The number of aliphatic imine (C=N–C) groups is 1. The Hall–Kier alpha value is -2.64.